The number of benzene rings is 2. The minimum Gasteiger partial charge on any atom is -0.301 e. The largest absolute Gasteiger partial charge is 0.301 e. The minimum absolute atomic E-state index is 1.06. The van der Waals surface area contributed by atoms with Crippen molar-refractivity contribution < 1.29 is 0 Å². The predicted molar refractivity (Wildman–Crippen MR) is 110 cm³/mol. The average molecular weight is 352 g/mol. The van der Waals surface area contributed by atoms with E-state index in [1.807, 2.05) is 0 Å². The van der Waals surface area contributed by atoms with Gasteiger partial charge in [0.05, 0.1) is 0 Å². The standard InChI is InChI=1S/C23H33N3/c1-2-13-24-14-16-25(20-22-9-5-3-6-10-22)18-19-26(17-15-24)21-23-11-7-4-8-12-23/h3-12H,2,13-21H2,1H3. The van der Waals surface area contributed by atoms with Crippen LogP contribution < -0.4 is 0 Å². The summed E-state index contributed by atoms with van der Waals surface area (Å²) in [4.78, 5) is 7.89. The van der Waals surface area contributed by atoms with Crippen LogP contribution in [-0.2, 0) is 13.1 Å². The molecule has 2 aromatic rings. The maximum absolute atomic E-state index is 2.64. The van der Waals surface area contributed by atoms with E-state index in [-0.39, 0.29) is 0 Å². The number of rotatable bonds is 6. The first kappa shape index (κ1) is 19.1. The molecule has 0 aromatic heterocycles. The van der Waals surface area contributed by atoms with Crippen LogP contribution >= 0.6 is 0 Å². The fraction of sp³-hybridized carbons (Fsp3) is 0.478. The first-order valence-electron chi connectivity index (χ1n) is 10.1. The zero-order chi connectivity index (χ0) is 18.0. The molecule has 0 unspecified atom stereocenters. The van der Waals surface area contributed by atoms with E-state index < -0.39 is 0 Å². The zero-order valence-corrected chi connectivity index (χ0v) is 16.2. The van der Waals surface area contributed by atoms with Gasteiger partial charge in [0.1, 0.15) is 0 Å². The van der Waals surface area contributed by atoms with Crippen molar-refractivity contribution in [3.8, 4) is 0 Å². The van der Waals surface area contributed by atoms with Gasteiger partial charge >= 0.3 is 0 Å². The Morgan fingerprint density at radius 2 is 0.962 bits per heavy atom. The third-order valence-corrected chi connectivity index (χ3v) is 5.24. The van der Waals surface area contributed by atoms with Gasteiger partial charge in [-0.05, 0) is 24.1 Å². The summed E-state index contributed by atoms with van der Waals surface area (Å²) in [6.07, 6.45) is 1.23. The van der Waals surface area contributed by atoms with Crippen LogP contribution in [0.3, 0.4) is 0 Å². The molecule has 0 atom stereocenters. The Kier molecular flexibility index (Phi) is 7.68. The fourth-order valence-corrected chi connectivity index (χ4v) is 3.72. The molecule has 26 heavy (non-hydrogen) atoms. The second kappa shape index (κ2) is 10.5. The Morgan fingerprint density at radius 3 is 1.35 bits per heavy atom. The lowest BCUT2D eigenvalue weighted by Crippen LogP contribution is -2.36. The van der Waals surface area contributed by atoms with Gasteiger partial charge in [0.15, 0.2) is 0 Å². The molecule has 1 heterocycles. The van der Waals surface area contributed by atoms with Gasteiger partial charge in [0.2, 0.25) is 0 Å². The topological polar surface area (TPSA) is 9.72 Å². The highest BCUT2D eigenvalue weighted by Gasteiger charge is 2.16. The second-order valence-electron chi connectivity index (χ2n) is 7.37. The molecule has 2 aromatic carbocycles. The molecule has 0 N–H and O–H groups in total. The van der Waals surface area contributed by atoms with E-state index in [1.165, 1.54) is 37.2 Å². The quantitative estimate of drug-likeness (QED) is 0.785. The Hall–Kier alpha value is -1.68. The van der Waals surface area contributed by atoms with Crippen LogP contribution in [0.25, 0.3) is 0 Å². The van der Waals surface area contributed by atoms with E-state index in [1.54, 1.807) is 0 Å². The highest BCUT2D eigenvalue weighted by atomic mass is 15.3. The van der Waals surface area contributed by atoms with Gasteiger partial charge in [-0.2, -0.15) is 0 Å². The van der Waals surface area contributed by atoms with Crippen molar-refractivity contribution in [2.75, 3.05) is 45.8 Å². The summed E-state index contributed by atoms with van der Waals surface area (Å²) in [5.74, 6) is 0. The molecule has 3 rings (SSSR count). The normalized spacial score (nSPS) is 18.2. The average Bonchev–Trinajstić information content (AvgIpc) is 2.76. The third-order valence-electron chi connectivity index (χ3n) is 5.24. The maximum Gasteiger partial charge on any atom is 0.0234 e. The zero-order valence-electron chi connectivity index (χ0n) is 16.2. The van der Waals surface area contributed by atoms with Gasteiger partial charge in [0.25, 0.3) is 0 Å². The van der Waals surface area contributed by atoms with Crippen LogP contribution in [0.4, 0.5) is 0 Å². The van der Waals surface area contributed by atoms with Gasteiger partial charge in [0, 0.05) is 52.4 Å². The van der Waals surface area contributed by atoms with Crippen molar-refractivity contribution in [3.05, 3.63) is 71.8 Å². The predicted octanol–water partition coefficient (Wildman–Crippen LogP) is 3.72. The van der Waals surface area contributed by atoms with E-state index in [0.717, 1.165) is 39.3 Å². The van der Waals surface area contributed by atoms with E-state index in [2.05, 4.69) is 82.3 Å². The van der Waals surface area contributed by atoms with Crippen molar-refractivity contribution in [2.45, 2.75) is 26.4 Å². The summed E-state index contributed by atoms with van der Waals surface area (Å²) < 4.78 is 0. The molecule has 1 aliphatic heterocycles. The van der Waals surface area contributed by atoms with Gasteiger partial charge in [-0.25, -0.2) is 0 Å². The Labute approximate surface area is 159 Å². The van der Waals surface area contributed by atoms with Crippen LogP contribution in [0.2, 0.25) is 0 Å². The fourth-order valence-electron chi connectivity index (χ4n) is 3.72. The minimum atomic E-state index is 1.06. The molecular weight excluding hydrogens is 318 g/mol. The van der Waals surface area contributed by atoms with E-state index >= 15 is 0 Å². The monoisotopic (exact) mass is 351 g/mol. The highest BCUT2D eigenvalue weighted by Crippen LogP contribution is 2.10. The van der Waals surface area contributed by atoms with E-state index in [0.29, 0.717) is 0 Å². The van der Waals surface area contributed by atoms with Crippen molar-refractivity contribution >= 4 is 0 Å². The van der Waals surface area contributed by atoms with Gasteiger partial charge in [-0.1, -0.05) is 67.6 Å². The molecule has 3 heteroatoms. The van der Waals surface area contributed by atoms with E-state index in [9.17, 15) is 0 Å². The highest BCUT2D eigenvalue weighted by molar-refractivity contribution is 5.15. The lowest BCUT2D eigenvalue weighted by molar-refractivity contribution is 0.209. The molecule has 1 fully saturated rings. The van der Waals surface area contributed by atoms with Crippen molar-refractivity contribution in [1.29, 1.82) is 0 Å². The summed E-state index contributed by atoms with van der Waals surface area (Å²) in [5.41, 5.74) is 2.84. The lowest BCUT2D eigenvalue weighted by atomic mass is 10.2. The number of hydrogen-bond donors (Lipinski definition) is 0. The molecule has 0 bridgehead atoms. The molecule has 0 radical (unpaired) electrons. The Morgan fingerprint density at radius 1 is 0.577 bits per heavy atom. The Balaban J connectivity index is 1.65. The SMILES string of the molecule is CCCN1CCN(Cc2ccccc2)CCN(Cc2ccccc2)CC1. The van der Waals surface area contributed by atoms with Crippen LogP contribution in [0.1, 0.15) is 24.5 Å². The maximum atomic E-state index is 2.64. The molecule has 0 amide bonds. The molecule has 1 aliphatic rings. The van der Waals surface area contributed by atoms with Crippen LogP contribution in [0.5, 0.6) is 0 Å². The summed E-state index contributed by atoms with van der Waals surface area (Å²) in [6.45, 7) is 12.6. The van der Waals surface area contributed by atoms with E-state index in [4.69, 9.17) is 0 Å². The molecule has 0 spiro atoms. The van der Waals surface area contributed by atoms with Gasteiger partial charge < -0.3 is 4.90 Å². The number of hydrogen-bond acceptors (Lipinski definition) is 3. The summed E-state index contributed by atoms with van der Waals surface area (Å²) >= 11 is 0. The second-order valence-corrected chi connectivity index (χ2v) is 7.37. The van der Waals surface area contributed by atoms with Gasteiger partial charge in [-0.15, -0.1) is 0 Å². The first-order valence-corrected chi connectivity index (χ1v) is 10.1. The summed E-state index contributed by atoms with van der Waals surface area (Å²) in [7, 11) is 0. The molecule has 1 saturated heterocycles. The summed E-state index contributed by atoms with van der Waals surface area (Å²) in [5, 5.41) is 0. The van der Waals surface area contributed by atoms with Crippen molar-refractivity contribution in [3.63, 3.8) is 0 Å². The smallest absolute Gasteiger partial charge is 0.0234 e. The lowest BCUT2D eigenvalue weighted by Gasteiger charge is -2.26. The molecule has 0 saturated carbocycles. The van der Waals surface area contributed by atoms with Crippen molar-refractivity contribution in [1.82, 2.24) is 14.7 Å². The molecule has 3 nitrogen and oxygen atoms in total. The van der Waals surface area contributed by atoms with Crippen LogP contribution in [0.15, 0.2) is 60.7 Å². The van der Waals surface area contributed by atoms with Crippen LogP contribution in [-0.4, -0.2) is 60.5 Å². The van der Waals surface area contributed by atoms with Crippen molar-refractivity contribution in [2.24, 2.45) is 0 Å². The molecule has 0 aliphatic carbocycles. The summed E-state index contributed by atoms with van der Waals surface area (Å²) in [6, 6.07) is 21.8. The number of nitrogens with zero attached hydrogens (tertiary/aromatic N) is 3. The molecular formula is C23H33N3. The molecule has 140 valence electrons. The van der Waals surface area contributed by atoms with Gasteiger partial charge in [-0.3, -0.25) is 9.80 Å². The third kappa shape index (κ3) is 6.24. The first-order chi connectivity index (χ1) is 12.8. The van der Waals surface area contributed by atoms with Crippen LogP contribution in [0, 0.1) is 0 Å². The Bertz CT molecular complexity index is 560.